The van der Waals surface area contributed by atoms with Crippen LogP contribution in [0.15, 0.2) is 34.8 Å². The molecule has 86 valence electrons. The third-order valence-electron chi connectivity index (χ3n) is 2.77. The van der Waals surface area contributed by atoms with E-state index in [4.69, 9.17) is 5.73 Å². The smallest absolute Gasteiger partial charge is 0.161 e. The van der Waals surface area contributed by atoms with Gasteiger partial charge in [0.2, 0.25) is 0 Å². The molecule has 2 N–H and O–H groups in total. The van der Waals surface area contributed by atoms with E-state index in [0.29, 0.717) is 6.54 Å². The van der Waals surface area contributed by atoms with Crippen molar-refractivity contribution in [2.45, 2.75) is 6.42 Å². The van der Waals surface area contributed by atoms with Crippen molar-refractivity contribution in [3.05, 3.63) is 40.6 Å². The molecule has 0 radical (unpaired) electrons. The van der Waals surface area contributed by atoms with Crippen LogP contribution in [0.25, 0.3) is 16.6 Å². The van der Waals surface area contributed by atoms with Crippen LogP contribution in [0, 0.1) is 0 Å². The Labute approximate surface area is 107 Å². The lowest BCUT2D eigenvalue weighted by Gasteiger charge is -2.04. The number of fused-ring (bicyclic) bond motifs is 3. The molecule has 4 nitrogen and oxygen atoms in total. The predicted octanol–water partition coefficient (Wildman–Crippen LogP) is 2.15. The Morgan fingerprint density at radius 3 is 2.82 bits per heavy atom. The molecule has 3 aromatic rings. The topological polar surface area (TPSA) is 56.2 Å². The normalized spacial score (nSPS) is 11.4. The highest BCUT2D eigenvalue weighted by Gasteiger charge is 2.08. The molecule has 0 aliphatic carbocycles. The van der Waals surface area contributed by atoms with Gasteiger partial charge in [0.05, 0.1) is 5.52 Å². The zero-order valence-electron chi connectivity index (χ0n) is 9.10. The first kappa shape index (κ1) is 10.7. The van der Waals surface area contributed by atoms with Crippen molar-refractivity contribution < 1.29 is 0 Å². The van der Waals surface area contributed by atoms with E-state index < -0.39 is 0 Å². The highest BCUT2D eigenvalue weighted by atomic mass is 79.9. The molecule has 2 heterocycles. The van der Waals surface area contributed by atoms with Crippen LogP contribution in [0.3, 0.4) is 0 Å². The van der Waals surface area contributed by atoms with Gasteiger partial charge in [-0.1, -0.05) is 22.0 Å². The van der Waals surface area contributed by atoms with E-state index in [1.807, 2.05) is 12.1 Å². The van der Waals surface area contributed by atoms with Gasteiger partial charge in [-0.15, -0.1) is 10.2 Å². The lowest BCUT2D eigenvalue weighted by atomic mass is 10.2. The van der Waals surface area contributed by atoms with E-state index in [-0.39, 0.29) is 0 Å². The van der Waals surface area contributed by atoms with Crippen LogP contribution in [0.2, 0.25) is 0 Å². The maximum absolute atomic E-state index is 5.59. The molecular weight excluding hydrogens is 280 g/mol. The second-order valence-corrected chi connectivity index (χ2v) is 4.80. The Balaban J connectivity index is 2.42. The zero-order valence-corrected chi connectivity index (χ0v) is 10.7. The average molecular weight is 291 g/mol. The van der Waals surface area contributed by atoms with E-state index >= 15 is 0 Å². The summed E-state index contributed by atoms with van der Waals surface area (Å²) < 4.78 is 3.11. The number of aromatic nitrogens is 3. The van der Waals surface area contributed by atoms with Crippen molar-refractivity contribution in [2.24, 2.45) is 5.73 Å². The number of pyridine rings is 1. The van der Waals surface area contributed by atoms with E-state index in [2.05, 4.69) is 48.7 Å². The Bertz CT molecular complexity index is 689. The largest absolute Gasteiger partial charge is 0.330 e. The summed E-state index contributed by atoms with van der Waals surface area (Å²) in [5.41, 5.74) is 7.56. The van der Waals surface area contributed by atoms with Gasteiger partial charge >= 0.3 is 0 Å². The van der Waals surface area contributed by atoms with Gasteiger partial charge in [-0.05, 0) is 36.2 Å². The number of benzene rings is 1. The van der Waals surface area contributed by atoms with E-state index in [1.165, 1.54) is 5.39 Å². The molecule has 1 aromatic carbocycles. The van der Waals surface area contributed by atoms with E-state index in [9.17, 15) is 0 Å². The fourth-order valence-corrected chi connectivity index (χ4v) is 2.36. The molecule has 0 unspecified atom stereocenters. The molecule has 0 saturated carbocycles. The first-order valence-electron chi connectivity index (χ1n) is 5.42. The van der Waals surface area contributed by atoms with Crippen molar-refractivity contribution in [3.63, 3.8) is 0 Å². The van der Waals surface area contributed by atoms with Gasteiger partial charge in [-0.25, -0.2) is 0 Å². The number of hydrogen-bond donors (Lipinski definition) is 1. The first-order valence-corrected chi connectivity index (χ1v) is 6.21. The third kappa shape index (κ3) is 1.71. The standard InChI is InChI=1S/C12H11BrN4/c13-9-3-1-8-2-4-11-15-16-12(5-6-14)17(11)10(8)7-9/h1-4,7H,5-6,14H2. The van der Waals surface area contributed by atoms with Gasteiger partial charge in [-0.2, -0.15) is 0 Å². The third-order valence-corrected chi connectivity index (χ3v) is 3.26. The van der Waals surface area contributed by atoms with E-state index in [1.54, 1.807) is 0 Å². The minimum Gasteiger partial charge on any atom is -0.330 e. The summed E-state index contributed by atoms with van der Waals surface area (Å²) in [5.74, 6) is 0.909. The molecule has 0 aliphatic heterocycles. The molecule has 0 spiro atoms. The van der Waals surface area contributed by atoms with Gasteiger partial charge in [-0.3, -0.25) is 4.40 Å². The van der Waals surface area contributed by atoms with Crippen LogP contribution in [-0.4, -0.2) is 21.1 Å². The predicted molar refractivity (Wildman–Crippen MR) is 71.0 cm³/mol. The molecule has 0 fully saturated rings. The average Bonchev–Trinajstić information content (AvgIpc) is 2.73. The highest BCUT2D eigenvalue weighted by molar-refractivity contribution is 9.10. The fourth-order valence-electron chi connectivity index (χ4n) is 2.01. The monoisotopic (exact) mass is 290 g/mol. The van der Waals surface area contributed by atoms with Crippen LogP contribution >= 0.6 is 15.9 Å². The lowest BCUT2D eigenvalue weighted by Crippen LogP contribution is -2.06. The van der Waals surface area contributed by atoms with Crippen LogP contribution in [0.4, 0.5) is 0 Å². The summed E-state index contributed by atoms with van der Waals surface area (Å²) in [6, 6.07) is 10.2. The summed E-state index contributed by atoms with van der Waals surface area (Å²) in [6.45, 7) is 0.575. The molecule has 0 atom stereocenters. The number of halogens is 1. The van der Waals surface area contributed by atoms with Crippen molar-refractivity contribution >= 4 is 32.5 Å². The van der Waals surface area contributed by atoms with Gasteiger partial charge < -0.3 is 5.73 Å². The number of nitrogens with two attached hydrogens (primary N) is 1. The highest BCUT2D eigenvalue weighted by Crippen LogP contribution is 2.21. The summed E-state index contributed by atoms with van der Waals surface area (Å²) in [5, 5.41) is 9.51. The van der Waals surface area contributed by atoms with Gasteiger partial charge in [0.15, 0.2) is 5.65 Å². The van der Waals surface area contributed by atoms with Gasteiger partial charge in [0, 0.05) is 10.9 Å². The van der Waals surface area contributed by atoms with Crippen molar-refractivity contribution in [1.29, 1.82) is 0 Å². The lowest BCUT2D eigenvalue weighted by molar-refractivity contribution is 0.857. The van der Waals surface area contributed by atoms with Gasteiger partial charge in [0.1, 0.15) is 5.82 Å². The van der Waals surface area contributed by atoms with Crippen LogP contribution in [-0.2, 0) is 6.42 Å². The summed E-state index contributed by atoms with van der Waals surface area (Å²) in [4.78, 5) is 0. The van der Waals surface area contributed by atoms with Crippen LogP contribution in [0.5, 0.6) is 0 Å². The molecule has 0 saturated heterocycles. The molecule has 17 heavy (non-hydrogen) atoms. The second-order valence-electron chi connectivity index (χ2n) is 3.88. The Kier molecular flexibility index (Phi) is 2.57. The fraction of sp³-hybridized carbons (Fsp3) is 0.167. The second kappa shape index (κ2) is 4.09. The molecule has 0 bridgehead atoms. The molecular formula is C12H11BrN4. The first-order chi connectivity index (χ1) is 8.29. The Morgan fingerprint density at radius 1 is 1.18 bits per heavy atom. The zero-order chi connectivity index (χ0) is 11.8. The maximum Gasteiger partial charge on any atom is 0.161 e. The quantitative estimate of drug-likeness (QED) is 0.787. The van der Waals surface area contributed by atoms with E-state index in [0.717, 1.165) is 27.9 Å². The molecule has 0 aliphatic rings. The van der Waals surface area contributed by atoms with Gasteiger partial charge in [0.25, 0.3) is 0 Å². The SMILES string of the molecule is NCCc1nnc2ccc3ccc(Br)cc3n12. The molecule has 3 rings (SSSR count). The minimum atomic E-state index is 0.575. The number of hydrogen-bond acceptors (Lipinski definition) is 3. The summed E-state index contributed by atoms with van der Waals surface area (Å²) >= 11 is 3.49. The van der Waals surface area contributed by atoms with Crippen molar-refractivity contribution in [3.8, 4) is 0 Å². The van der Waals surface area contributed by atoms with Crippen molar-refractivity contribution in [2.75, 3.05) is 6.54 Å². The minimum absolute atomic E-state index is 0.575. The van der Waals surface area contributed by atoms with Crippen molar-refractivity contribution in [1.82, 2.24) is 14.6 Å². The molecule has 5 heteroatoms. The van der Waals surface area contributed by atoms with Crippen LogP contribution < -0.4 is 5.73 Å². The molecule has 2 aromatic heterocycles. The maximum atomic E-state index is 5.59. The number of nitrogens with zero attached hydrogens (tertiary/aromatic N) is 3. The molecule has 0 amide bonds. The summed E-state index contributed by atoms with van der Waals surface area (Å²) in [6.07, 6.45) is 0.729. The summed E-state index contributed by atoms with van der Waals surface area (Å²) in [7, 11) is 0. The number of rotatable bonds is 2. The van der Waals surface area contributed by atoms with Crippen LogP contribution in [0.1, 0.15) is 5.82 Å². The Morgan fingerprint density at radius 2 is 2.00 bits per heavy atom. The Hall–Kier alpha value is -1.46.